The SMILES string of the molecule is CC1C=C2C(=CC1c1c3ccc(N4c5ccccc5Sc5ccccc54)cc3c(-c3ccc4c(c3)C(C)(C)c3ccccc3-4)c3ccc(N4c5ccccc5Sc5ccccc54)cc13)C(C)(C)c1ccccc12. The Bertz CT molecular complexity index is 4010. The Morgan fingerprint density at radius 1 is 0.397 bits per heavy atom. The van der Waals surface area contributed by atoms with Crippen molar-refractivity contribution in [2.45, 2.75) is 70.9 Å². The molecule has 5 aliphatic rings. The van der Waals surface area contributed by atoms with E-state index in [-0.39, 0.29) is 22.7 Å². The first kappa shape index (κ1) is 43.1. The molecule has 4 heteroatoms. The first-order chi connectivity index (χ1) is 35.6. The van der Waals surface area contributed by atoms with Gasteiger partial charge in [0.15, 0.2) is 0 Å². The average Bonchev–Trinajstić information content (AvgIpc) is 3.78. The van der Waals surface area contributed by atoms with E-state index >= 15 is 0 Å². The summed E-state index contributed by atoms with van der Waals surface area (Å²) in [6.07, 6.45) is 5.28. The molecular weight excluding hydrogens is 921 g/mol. The number of anilines is 6. The summed E-state index contributed by atoms with van der Waals surface area (Å²) in [5.74, 6) is 0.330. The van der Waals surface area contributed by atoms with Crippen LogP contribution in [0.25, 0.3) is 49.4 Å². The van der Waals surface area contributed by atoms with Crippen molar-refractivity contribution in [2.24, 2.45) is 5.92 Å². The number of hydrogen-bond donors (Lipinski definition) is 0. The van der Waals surface area contributed by atoms with Gasteiger partial charge in [-0.3, -0.25) is 0 Å². The highest BCUT2D eigenvalue weighted by molar-refractivity contribution is 8.00. The summed E-state index contributed by atoms with van der Waals surface area (Å²) >= 11 is 3.73. The zero-order valence-corrected chi connectivity index (χ0v) is 43.2. The predicted octanol–water partition coefficient (Wildman–Crippen LogP) is 19.9. The number of nitrogens with zero attached hydrogens (tertiary/aromatic N) is 2. The number of allylic oxidation sites excluding steroid dienone is 4. The summed E-state index contributed by atoms with van der Waals surface area (Å²) in [6.45, 7) is 12.1. The van der Waals surface area contributed by atoms with E-state index in [4.69, 9.17) is 0 Å². The first-order valence-electron chi connectivity index (χ1n) is 25.8. The fourth-order valence-electron chi connectivity index (χ4n) is 13.4. The lowest BCUT2D eigenvalue weighted by Crippen LogP contribution is -2.20. The van der Waals surface area contributed by atoms with E-state index in [1.54, 1.807) is 0 Å². The molecule has 15 rings (SSSR count). The molecule has 0 saturated heterocycles. The Balaban J connectivity index is 1.05. The van der Waals surface area contributed by atoms with Crippen LogP contribution in [-0.2, 0) is 10.8 Å². The number of rotatable bonds is 4. The maximum Gasteiger partial charge on any atom is 0.0601 e. The van der Waals surface area contributed by atoms with Crippen molar-refractivity contribution in [3.8, 4) is 22.3 Å². The van der Waals surface area contributed by atoms with Crippen LogP contribution in [0.3, 0.4) is 0 Å². The highest BCUT2D eigenvalue weighted by Gasteiger charge is 2.42. The molecule has 3 aliphatic carbocycles. The largest absolute Gasteiger partial charge is 0.308 e. The fraction of sp³-hybridized carbons (Fsp3) is 0.130. The van der Waals surface area contributed by atoms with Crippen LogP contribution >= 0.6 is 23.5 Å². The van der Waals surface area contributed by atoms with Crippen LogP contribution in [-0.4, -0.2) is 0 Å². The van der Waals surface area contributed by atoms with Crippen molar-refractivity contribution < 1.29 is 0 Å². The van der Waals surface area contributed by atoms with Gasteiger partial charge in [-0.05, 0) is 168 Å². The Hall–Kier alpha value is -7.50. The molecule has 2 aliphatic heterocycles. The lowest BCUT2D eigenvalue weighted by atomic mass is 9.71. The van der Waals surface area contributed by atoms with Crippen LogP contribution < -0.4 is 9.80 Å². The van der Waals surface area contributed by atoms with Gasteiger partial charge in [-0.25, -0.2) is 0 Å². The summed E-state index contributed by atoms with van der Waals surface area (Å²) < 4.78 is 0. The Morgan fingerprint density at radius 2 is 0.877 bits per heavy atom. The van der Waals surface area contributed by atoms with Crippen molar-refractivity contribution in [1.29, 1.82) is 0 Å². The second-order valence-corrected chi connectivity index (χ2v) is 23.8. The quantitative estimate of drug-likeness (QED) is 0.162. The first-order valence-corrected chi connectivity index (χ1v) is 27.4. The number of para-hydroxylation sites is 4. The number of fused-ring (bicyclic) bond motifs is 12. The molecule has 2 heterocycles. The molecule has 10 aromatic carbocycles. The highest BCUT2D eigenvalue weighted by Crippen LogP contribution is 2.59. The maximum atomic E-state index is 2.68. The van der Waals surface area contributed by atoms with E-state index in [1.165, 1.54) is 131 Å². The smallest absolute Gasteiger partial charge is 0.0601 e. The zero-order valence-electron chi connectivity index (χ0n) is 41.6. The molecule has 0 spiro atoms. The van der Waals surface area contributed by atoms with E-state index in [0.717, 1.165) is 5.69 Å². The fourth-order valence-corrected chi connectivity index (χ4v) is 15.5. The Morgan fingerprint density at radius 3 is 1.47 bits per heavy atom. The summed E-state index contributed by atoms with van der Waals surface area (Å²) in [5.41, 5.74) is 21.9. The second kappa shape index (κ2) is 15.8. The van der Waals surface area contributed by atoms with Gasteiger partial charge < -0.3 is 9.80 Å². The third-order valence-corrected chi connectivity index (χ3v) is 19.2. The van der Waals surface area contributed by atoms with Gasteiger partial charge in [0.2, 0.25) is 0 Å². The van der Waals surface area contributed by atoms with E-state index in [1.807, 2.05) is 23.5 Å². The van der Waals surface area contributed by atoms with Crippen LogP contribution in [0.15, 0.2) is 237 Å². The zero-order chi connectivity index (χ0) is 48.9. The second-order valence-electron chi connectivity index (χ2n) is 21.6. The topological polar surface area (TPSA) is 6.48 Å². The van der Waals surface area contributed by atoms with E-state index in [9.17, 15) is 0 Å². The number of benzene rings is 10. The van der Waals surface area contributed by atoms with Crippen molar-refractivity contribution in [3.63, 3.8) is 0 Å². The maximum absolute atomic E-state index is 2.68. The van der Waals surface area contributed by atoms with Gasteiger partial charge in [-0.1, -0.05) is 192 Å². The molecule has 2 unspecified atom stereocenters. The molecule has 0 aromatic heterocycles. The number of hydrogen-bond acceptors (Lipinski definition) is 4. The molecule has 0 N–H and O–H groups in total. The van der Waals surface area contributed by atoms with Crippen LogP contribution in [0.4, 0.5) is 34.1 Å². The molecule has 2 nitrogen and oxygen atoms in total. The van der Waals surface area contributed by atoms with Crippen LogP contribution in [0.5, 0.6) is 0 Å². The molecule has 0 bridgehead atoms. The van der Waals surface area contributed by atoms with E-state index in [0.29, 0.717) is 0 Å². The van der Waals surface area contributed by atoms with E-state index in [2.05, 4.69) is 257 Å². The summed E-state index contributed by atoms with van der Waals surface area (Å²) in [4.78, 5) is 10.1. The van der Waals surface area contributed by atoms with Crippen molar-refractivity contribution in [3.05, 3.63) is 246 Å². The van der Waals surface area contributed by atoms with Crippen molar-refractivity contribution in [1.82, 2.24) is 0 Å². The minimum atomic E-state index is -0.156. The van der Waals surface area contributed by atoms with Gasteiger partial charge in [0.25, 0.3) is 0 Å². The Labute approximate surface area is 436 Å². The van der Waals surface area contributed by atoms with Crippen molar-refractivity contribution in [2.75, 3.05) is 9.80 Å². The van der Waals surface area contributed by atoms with Crippen LogP contribution in [0.2, 0.25) is 0 Å². The third-order valence-electron chi connectivity index (χ3n) is 16.9. The summed E-state index contributed by atoms with van der Waals surface area (Å²) in [7, 11) is 0. The molecule has 350 valence electrons. The minimum absolute atomic E-state index is 0.102. The molecule has 0 fully saturated rings. The van der Waals surface area contributed by atoms with Gasteiger partial charge in [0.1, 0.15) is 0 Å². The molecule has 73 heavy (non-hydrogen) atoms. The lowest BCUT2D eigenvalue weighted by molar-refractivity contribution is 0.605. The van der Waals surface area contributed by atoms with Crippen LogP contribution in [0.1, 0.15) is 68.4 Å². The van der Waals surface area contributed by atoms with Gasteiger partial charge in [-0.15, -0.1) is 0 Å². The molecule has 0 amide bonds. The van der Waals surface area contributed by atoms with Gasteiger partial charge in [0, 0.05) is 47.7 Å². The van der Waals surface area contributed by atoms with Crippen LogP contribution in [0, 0.1) is 5.92 Å². The monoisotopic (exact) mass is 972 g/mol. The molecule has 0 radical (unpaired) electrons. The molecule has 10 aromatic rings. The molecule has 0 saturated carbocycles. The standard InChI is InChI=1S/C69H52N2S2/c1-41-36-51-46-19-7-9-21-55(46)69(4,5)57(51)40-50(41)67-49-35-32-43(70-58-22-10-14-26-62(58)72-63-27-15-11-23-59(63)70)38-52(49)66(42-30-33-47-45-18-6-8-20-54(45)68(2,3)56(47)37-42)48-34-31-44(39-53(48)67)71-60-24-12-16-28-64(60)73-65-29-17-13-25-61(65)71/h6-41,50H,1-5H3. The minimum Gasteiger partial charge on any atom is -0.308 e. The summed E-state index contributed by atoms with van der Waals surface area (Å²) in [6, 6.07) is 75.9. The van der Waals surface area contributed by atoms with Gasteiger partial charge in [-0.2, -0.15) is 0 Å². The lowest BCUT2D eigenvalue weighted by Gasteiger charge is -2.35. The predicted molar refractivity (Wildman–Crippen MR) is 309 cm³/mol. The highest BCUT2D eigenvalue weighted by atomic mass is 32.2. The third kappa shape index (κ3) is 6.21. The molecular formula is C69H52N2S2. The molecule has 2 atom stereocenters. The van der Waals surface area contributed by atoms with Gasteiger partial charge in [0.05, 0.1) is 22.7 Å². The normalized spacial score (nSPS) is 18.2. The average molecular weight is 973 g/mol. The van der Waals surface area contributed by atoms with Gasteiger partial charge >= 0.3 is 0 Å². The van der Waals surface area contributed by atoms with E-state index < -0.39 is 0 Å². The Kier molecular flexibility index (Phi) is 9.30. The van der Waals surface area contributed by atoms with Crippen molar-refractivity contribution >= 4 is 84.8 Å². The summed E-state index contributed by atoms with van der Waals surface area (Å²) in [5, 5.41) is 5.14.